The maximum absolute atomic E-state index is 12.0. The van der Waals surface area contributed by atoms with E-state index < -0.39 is 5.60 Å². The molecule has 1 rings (SSSR count). The Morgan fingerprint density at radius 2 is 2.05 bits per heavy atom. The van der Waals surface area contributed by atoms with E-state index in [0.29, 0.717) is 11.6 Å². The van der Waals surface area contributed by atoms with Gasteiger partial charge >= 0.3 is 5.97 Å². The van der Waals surface area contributed by atoms with E-state index in [1.54, 1.807) is 0 Å². The Morgan fingerprint density at radius 3 is 2.58 bits per heavy atom. The Bertz CT molecular complexity index is 440. The number of hydrogen-bond donors (Lipinski definition) is 0. The van der Waals surface area contributed by atoms with Crippen LogP contribution in [0.5, 0.6) is 0 Å². The summed E-state index contributed by atoms with van der Waals surface area (Å²) in [6.07, 6.45) is 0. The first-order valence-electron chi connectivity index (χ1n) is 6.36. The summed E-state index contributed by atoms with van der Waals surface area (Å²) in [5.74, 6) is -0.211. The van der Waals surface area contributed by atoms with Crippen LogP contribution in [0.3, 0.4) is 0 Å². The van der Waals surface area contributed by atoms with Crippen molar-refractivity contribution in [1.82, 2.24) is 4.90 Å². The van der Waals surface area contributed by atoms with Crippen LogP contribution >= 0.6 is 11.6 Å². The van der Waals surface area contributed by atoms with Crippen molar-refractivity contribution in [3.05, 3.63) is 34.9 Å². The highest BCUT2D eigenvalue weighted by Crippen LogP contribution is 2.15. The molecule has 0 aliphatic carbocycles. The summed E-state index contributed by atoms with van der Waals surface area (Å²) in [6, 6.07) is 7.34. The van der Waals surface area contributed by atoms with Gasteiger partial charge in [0.1, 0.15) is 11.6 Å². The summed E-state index contributed by atoms with van der Waals surface area (Å²) in [4.78, 5) is 13.9. The van der Waals surface area contributed by atoms with E-state index >= 15 is 0 Å². The van der Waals surface area contributed by atoms with Crippen LogP contribution in [0.4, 0.5) is 0 Å². The molecular formula is C15H22ClNO2. The number of benzene rings is 1. The number of carbonyl (C=O) groups excluding carboxylic acids is 1. The highest BCUT2D eigenvalue weighted by molar-refractivity contribution is 6.30. The monoisotopic (exact) mass is 283 g/mol. The molecule has 1 aromatic rings. The lowest BCUT2D eigenvalue weighted by Crippen LogP contribution is -2.40. The molecule has 0 aromatic heterocycles. The van der Waals surface area contributed by atoms with Crippen LogP contribution in [0.2, 0.25) is 5.02 Å². The van der Waals surface area contributed by atoms with Crippen LogP contribution in [-0.2, 0) is 16.1 Å². The zero-order chi connectivity index (χ0) is 14.6. The fourth-order valence-electron chi connectivity index (χ4n) is 1.63. The molecule has 0 heterocycles. The van der Waals surface area contributed by atoms with Gasteiger partial charge < -0.3 is 4.74 Å². The molecule has 0 saturated carbocycles. The first-order chi connectivity index (χ1) is 8.69. The van der Waals surface area contributed by atoms with Crippen molar-refractivity contribution in [2.45, 2.75) is 45.9 Å². The molecule has 0 aliphatic rings. The second kappa shape index (κ2) is 6.40. The fourth-order valence-corrected chi connectivity index (χ4v) is 1.84. The first kappa shape index (κ1) is 16.0. The quantitative estimate of drug-likeness (QED) is 0.792. The molecule has 3 nitrogen and oxygen atoms in total. The number of nitrogens with zero attached hydrogens (tertiary/aromatic N) is 1. The third-order valence-corrected chi connectivity index (χ3v) is 2.97. The lowest BCUT2D eigenvalue weighted by Gasteiger charge is -2.27. The van der Waals surface area contributed by atoms with Crippen LogP contribution < -0.4 is 0 Å². The highest BCUT2D eigenvalue weighted by atomic mass is 35.5. The Morgan fingerprint density at radius 1 is 1.42 bits per heavy atom. The average Bonchev–Trinajstić information content (AvgIpc) is 2.25. The summed E-state index contributed by atoms with van der Waals surface area (Å²) < 4.78 is 5.38. The largest absolute Gasteiger partial charge is 0.459 e. The third-order valence-electron chi connectivity index (χ3n) is 2.73. The number of rotatable bonds is 4. The SMILES string of the molecule is CC(C(=O)OC(C)(C)C)N(C)Cc1cccc(Cl)c1. The predicted molar refractivity (Wildman–Crippen MR) is 78.2 cm³/mol. The van der Waals surface area contributed by atoms with Gasteiger partial charge in [-0.1, -0.05) is 23.7 Å². The zero-order valence-corrected chi connectivity index (χ0v) is 13.0. The minimum absolute atomic E-state index is 0.211. The third kappa shape index (κ3) is 5.62. The van der Waals surface area contributed by atoms with E-state index in [0.717, 1.165) is 5.56 Å². The summed E-state index contributed by atoms with van der Waals surface area (Å²) in [6.45, 7) is 8.11. The number of hydrogen-bond acceptors (Lipinski definition) is 3. The molecule has 1 unspecified atom stereocenters. The maximum Gasteiger partial charge on any atom is 0.323 e. The first-order valence-corrected chi connectivity index (χ1v) is 6.74. The van der Waals surface area contributed by atoms with Gasteiger partial charge in [0.05, 0.1) is 0 Å². The molecule has 1 aromatic carbocycles. The molecule has 0 N–H and O–H groups in total. The standard InChI is InChI=1S/C15H22ClNO2/c1-11(14(18)19-15(2,3)4)17(5)10-12-7-6-8-13(16)9-12/h6-9,11H,10H2,1-5H3. The zero-order valence-electron chi connectivity index (χ0n) is 12.2. The van der Waals surface area contributed by atoms with Crippen molar-refractivity contribution in [1.29, 1.82) is 0 Å². The Labute approximate surface area is 120 Å². The smallest absolute Gasteiger partial charge is 0.323 e. The van der Waals surface area contributed by atoms with Gasteiger partial charge in [-0.15, -0.1) is 0 Å². The van der Waals surface area contributed by atoms with Gasteiger partial charge in [0.15, 0.2) is 0 Å². The van der Waals surface area contributed by atoms with Crippen molar-refractivity contribution in [2.75, 3.05) is 7.05 Å². The number of ether oxygens (including phenoxy) is 1. The van der Waals surface area contributed by atoms with Gasteiger partial charge in [-0.2, -0.15) is 0 Å². The van der Waals surface area contributed by atoms with E-state index in [1.807, 2.05) is 63.9 Å². The van der Waals surface area contributed by atoms with E-state index in [9.17, 15) is 4.79 Å². The average molecular weight is 284 g/mol. The van der Waals surface area contributed by atoms with Crippen molar-refractivity contribution in [3.63, 3.8) is 0 Å². The van der Waals surface area contributed by atoms with Gasteiger partial charge in [0.2, 0.25) is 0 Å². The maximum atomic E-state index is 12.0. The molecule has 0 amide bonds. The number of likely N-dealkylation sites (N-methyl/N-ethyl adjacent to an activating group) is 1. The molecule has 0 aliphatic heterocycles. The van der Waals surface area contributed by atoms with Crippen LogP contribution in [0, 0.1) is 0 Å². The molecule has 0 fully saturated rings. The summed E-state index contributed by atoms with van der Waals surface area (Å²) in [7, 11) is 1.90. The second-order valence-corrected chi connectivity index (χ2v) is 6.19. The lowest BCUT2D eigenvalue weighted by molar-refractivity contribution is -0.160. The van der Waals surface area contributed by atoms with Gasteiger partial charge in [0, 0.05) is 11.6 Å². The molecule has 0 radical (unpaired) electrons. The van der Waals surface area contributed by atoms with Crippen molar-refractivity contribution < 1.29 is 9.53 Å². The molecule has 4 heteroatoms. The molecule has 0 spiro atoms. The van der Waals surface area contributed by atoms with Crippen LogP contribution in [0.1, 0.15) is 33.3 Å². The van der Waals surface area contributed by atoms with Crippen LogP contribution in [-0.4, -0.2) is 29.6 Å². The summed E-state index contributed by atoms with van der Waals surface area (Å²) in [5.41, 5.74) is 0.618. The van der Waals surface area contributed by atoms with E-state index in [2.05, 4.69) is 0 Å². The lowest BCUT2D eigenvalue weighted by atomic mass is 10.1. The van der Waals surface area contributed by atoms with Crippen molar-refractivity contribution in [2.24, 2.45) is 0 Å². The number of carbonyl (C=O) groups is 1. The molecule has 106 valence electrons. The minimum atomic E-state index is -0.456. The molecule has 19 heavy (non-hydrogen) atoms. The van der Waals surface area contributed by atoms with Crippen molar-refractivity contribution in [3.8, 4) is 0 Å². The van der Waals surface area contributed by atoms with E-state index in [-0.39, 0.29) is 12.0 Å². The highest BCUT2D eigenvalue weighted by Gasteiger charge is 2.24. The Kier molecular flexibility index (Phi) is 5.39. The molecule has 1 atom stereocenters. The fraction of sp³-hybridized carbons (Fsp3) is 0.533. The molecule has 0 saturated heterocycles. The normalized spacial score (nSPS) is 13.4. The van der Waals surface area contributed by atoms with E-state index in [1.165, 1.54) is 0 Å². The minimum Gasteiger partial charge on any atom is -0.459 e. The number of halogens is 1. The van der Waals surface area contributed by atoms with E-state index in [4.69, 9.17) is 16.3 Å². The Balaban J connectivity index is 2.62. The second-order valence-electron chi connectivity index (χ2n) is 5.75. The van der Waals surface area contributed by atoms with Gasteiger partial charge in [0.25, 0.3) is 0 Å². The van der Waals surface area contributed by atoms with Gasteiger partial charge in [-0.3, -0.25) is 9.69 Å². The van der Waals surface area contributed by atoms with Gasteiger partial charge in [-0.05, 0) is 52.4 Å². The van der Waals surface area contributed by atoms with Crippen LogP contribution in [0.25, 0.3) is 0 Å². The molecular weight excluding hydrogens is 262 g/mol. The summed E-state index contributed by atoms with van der Waals surface area (Å²) in [5, 5.41) is 0.704. The van der Waals surface area contributed by atoms with Crippen molar-refractivity contribution >= 4 is 17.6 Å². The van der Waals surface area contributed by atoms with Gasteiger partial charge in [-0.25, -0.2) is 0 Å². The molecule has 0 bridgehead atoms. The Hall–Kier alpha value is -1.06. The number of esters is 1. The topological polar surface area (TPSA) is 29.5 Å². The van der Waals surface area contributed by atoms with Crippen LogP contribution in [0.15, 0.2) is 24.3 Å². The predicted octanol–water partition coefficient (Wildman–Crippen LogP) is 3.50. The summed E-state index contributed by atoms with van der Waals surface area (Å²) >= 11 is 5.95.